The van der Waals surface area contributed by atoms with Gasteiger partial charge in [0.2, 0.25) is 0 Å². The van der Waals surface area contributed by atoms with Crippen molar-refractivity contribution in [1.29, 1.82) is 0 Å². The number of piperazine rings is 1. The van der Waals surface area contributed by atoms with Gasteiger partial charge in [-0.25, -0.2) is 0 Å². The Balaban J connectivity index is 2.11. The number of likely N-dealkylation sites (N-methyl/N-ethyl adjacent to an activating group) is 1. The van der Waals surface area contributed by atoms with Crippen LogP contribution in [0, 0.1) is 0 Å². The SMILES string of the molecule is CN1CCN(c2cccc(C=NN)c2)CC1. The fourth-order valence-electron chi connectivity index (χ4n) is 1.95. The summed E-state index contributed by atoms with van der Waals surface area (Å²) in [6, 6.07) is 8.32. The minimum Gasteiger partial charge on any atom is -0.369 e. The first-order chi connectivity index (χ1) is 7.79. The monoisotopic (exact) mass is 218 g/mol. The molecule has 0 radical (unpaired) electrons. The van der Waals surface area contributed by atoms with Gasteiger partial charge in [0.15, 0.2) is 0 Å². The fraction of sp³-hybridized carbons (Fsp3) is 0.417. The molecule has 1 saturated heterocycles. The molecule has 1 aromatic carbocycles. The zero-order chi connectivity index (χ0) is 11.4. The summed E-state index contributed by atoms with van der Waals surface area (Å²) in [6.07, 6.45) is 1.68. The Morgan fingerprint density at radius 3 is 2.69 bits per heavy atom. The lowest BCUT2D eigenvalue weighted by atomic mass is 10.2. The Morgan fingerprint density at radius 2 is 2.00 bits per heavy atom. The number of nitrogens with zero attached hydrogens (tertiary/aromatic N) is 3. The van der Waals surface area contributed by atoms with E-state index in [1.54, 1.807) is 6.21 Å². The van der Waals surface area contributed by atoms with Crippen LogP contribution in [0.15, 0.2) is 29.4 Å². The Bertz CT molecular complexity index is 367. The first-order valence-corrected chi connectivity index (χ1v) is 5.56. The van der Waals surface area contributed by atoms with Crippen molar-refractivity contribution in [3.63, 3.8) is 0 Å². The van der Waals surface area contributed by atoms with Crippen LogP contribution in [0.1, 0.15) is 5.56 Å². The van der Waals surface area contributed by atoms with E-state index in [0.717, 1.165) is 31.7 Å². The van der Waals surface area contributed by atoms with Gasteiger partial charge in [0.1, 0.15) is 0 Å². The highest BCUT2D eigenvalue weighted by molar-refractivity contribution is 5.81. The smallest absolute Gasteiger partial charge is 0.0538 e. The Morgan fingerprint density at radius 1 is 1.25 bits per heavy atom. The fourth-order valence-corrected chi connectivity index (χ4v) is 1.95. The van der Waals surface area contributed by atoms with E-state index in [1.165, 1.54) is 5.69 Å². The average Bonchev–Trinajstić information content (AvgIpc) is 2.31. The lowest BCUT2D eigenvalue weighted by Crippen LogP contribution is -2.44. The average molecular weight is 218 g/mol. The van der Waals surface area contributed by atoms with Gasteiger partial charge >= 0.3 is 0 Å². The molecule has 0 spiro atoms. The largest absolute Gasteiger partial charge is 0.369 e. The van der Waals surface area contributed by atoms with Gasteiger partial charge < -0.3 is 15.6 Å². The normalized spacial score (nSPS) is 18.2. The van der Waals surface area contributed by atoms with Crippen LogP contribution < -0.4 is 10.7 Å². The van der Waals surface area contributed by atoms with E-state index >= 15 is 0 Å². The molecule has 2 rings (SSSR count). The van der Waals surface area contributed by atoms with E-state index in [0.29, 0.717) is 0 Å². The number of hydrogen-bond donors (Lipinski definition) is 1. The third-order valence-electron chi connectivity index (χ3n) is 2.96. The highest BCUT2D eigenvalue weighted by atomic mass is 15.2. The minimum absolute atomic E-state index is 1.05. The number of benzene rings is 1. The van der Waals surface area contributed by atoms with Gasteiger partial charge in [-0.15, -0.1) is 0 Å². The maximum Gasteiger partial charge on any atom is 0.0538 e. The third kappa shape index (κ3) is 2.52. The van der Waals surface area contributed by atoms with Gasteiger partial charge in [0.05, 0.1) is 6.21 Å². The molecule has 1 aromatic rings. The lowest BCUT2D eigenvalue weighted by Gasteiger charge is -2.34. The van der Waals surface area contributed by atoms with E-state index in [-0.39, 0.29) is 0 Å². The quantitative estimate of drug-likeness (QED) is 0.452. The molecule has 16 heavy (non-hydrogen) atoms. The Labute approximate surface area is 96.3 Å². The van der Waals surface area contributed by atoms with Crippen molar-refractivity contribution in [2.75, 3.05) is 38.1 Å². The van der Waals surface area contributed by atoms with Crippen LogP contribution in [-0.4, -0.2) is 44.3 Å². The summed E-state index contributed by atoms with van der Waals surface area (Å²) >= 11 is 0. The van der Waals surface area contributed by atoms with Crippen LogP contribution in [0.5, 0.6) is 0 Å². The van der Waals surface area contributed by atoms with E-state index in [4.69, 9.17) is 5.84 Å². The van der Waals surface area contributed by atoms with Crippen molar-refractivity contribution >= 4 is 11.9 Å². The van der Waals surface area contributed by atoms with Crippen LogP contribution in [-0.2, 0) is 0 Å². The molecular formula is C12H18N4. The maximum atomic E-state index is 5.16. The molecule has 86 valence electrons. The summed E-state index contributed by atoms with van der Waals surface area (Å²) in [7, 11) is 2.16. The molecule has 4 heteroatoms. The van der Waals surface area contributed by atoms with Crippen LogP contribution in [0.2, 0.25) is 0 Å². The number of anilines is 1. The summed E-state index contributed by atoms with van der Waals surface area (Å²) in [5.74, 6) is 5.16. The Hall–Kier alpha value is -1.55. The van der Waals surface area contributed by atoms with Crippen LogP contribution >= 0.6 is 0 Å². The summed E-state index contributed by atoms with van der Waals surface area (Å²) in [5, 5.41) is 3.55. The summed E-state index contributed by atoms with van der Waals surface area (Å²) in [5.41, 5.74) is 2.31. The first kappa shape index (κ1) is 11.0. The minimum atomic E-state index is 1.05. The van der Waals surface area contributed by atoms with Gasteiger partial charge in [0, 0.05) is 31.9 Å². The molecular weight excluding hydrogens is 200 g/mol. The van der Waals surface area contributed by atoms with Gasteiger partial charge in [-0.05, 0) is 24.7 Å². The summed E-state index contributed by atoms with van der Waals surface area (Å²) in [4.78, 5) is 4.75. The molecule has 1 fully saturated rings. The number of hydrazone groups is 1. The standard InChI is InChI=1S/C12H18N4/c1-15-5-7-16(8-6-15)12-4-2-3-11(9-12)10-14-13/h2-4,9-10H,5-8,13H2,1H3. The molecule has 4 nitrogen and oxygen atoms in total. The van der Waals surface area contributed by atoms with Crippen molar-refractivity contribution in [2.24, 2.45) is 10.9 Å². The molecule has 1 aliphatic heterocycles. The van der Waals surface area contributed by atoms with Gasteiger partial charge in [-0.1, -0.05) is 12.1 Å². The zero-order valence-corrected chi connectivity index (χ0v) is 9.63. The molecule has 2 N–H and O–H groups in total. The molecule has 1 aliphatic rings. The van der Waals surface area contributed by atoms with E-state index in [1.807, 2.05) is 12.1 Å². The van der Waals surface area contributed by atoms with Crippen molar-refractivity contribution in [3.05, 3.63) is 29.8 Å². The number of nitrogens with two attached hydrogens (primary N) is 1. The van der Waals surface area contributed by atoms with Gasteiger partial charge in [-0.3, -0.25) is 0 Å². The van der Waals surface area contributed by atoms with Crippen LogP contribution in [0.3, 0.4) is 0 Å². The Kier molecular flexibility index (Phi) is 3.41. The van der Waals surface area contributed by atoms with Gasteiger partial charge in [0.25, 0.3) is 0 Å². The molecule has 0 unspecified atom stereocenters. The van der Waals surface area contributed by atoms with Crippen molar-refractivity contribution in [1.82, 2.24) is 4.90 Å². The molecule has 0 saturated carbocycles. The van der Waals surface area contributed by atoms with Crippen LogP contribution in [0.4, 0.5) is 5.69 Å². The van der Waals surface area contributed by atoms with Crippen molar-refractivity contribution < 1.29 is 0 Å². The first-order valence-electron chi connectivity index (χ1n) is 5.56. The predicted molar refractivity (Wildman–Crippen MR) is 67.9 cm³/mol. The lowest BCUT2D eigenvalue weighted by molar-refractivity contribution is 0.313. The highest BCUT2D eigenvalue weighted by Crippen LogP contribution is 2.16. The van der Waals surface area contributed by atoms with E-state index in [9.17, 15) is 0 Å². The molecule has 1 heterocycles. The second kappa shape index (κ2) is 4.99. The molecule has 0 aliphatic carbocycles. The van der Waals surface area contributed by atoms with E-state index < -0.39 is 0 Å². The summed E-state index contributed by atoms with van der Waals surface area (Å²) in [6.45, 7) is 4.41. The maximum absolute atomic E-state index is 5.16. The second-order valence-electron chi connectivity index (χ2n) is 4.16. The number of hydrogen-bond acceptors (Lipinski definition) is 4. The number of rotatable bonds is 2. The van der Waals surface area contributed by atoms with E-state index in [2.05, 4.69) is 34.1 Å². The van der Waals surface area contributed by atoms with Crippen molar-refractivity contribution in [2.45, 2.75) is 0 Å². The van der Waals surface area contributed by atoms with Crippen molar-refractivity contribution in [3.8, 4) is 0 Å². The van der Waals surface area contributed by atoms with Gasteiger partial charge in [-0.2, -0.15) is 5.10 Å². The zero-order valence-electron chi connectivity index (χ0n) is 9.63. The summed E-state index contributed by atoms with van der Waals surface area (Å²) < 4.78 is 0. The topological polar surface area (TPSA) is 44.9 Å². The third-order valence-corrected chi connectivity index (χ3v) is 2.96. The molecule has 0 aromatic heterocycles. The molecule has 0 bridgehead atoms. The second-order valence-corrected chi connectivity index (χ2v) is 4.16. The highest BCUT2D eigenvalue weighted by Gasteiger charge is 2.13. The molecule has 0 amide bonds. The predicted octanol–water partition coefficient (Wildman–Crippen LogP) is 0.731. The van der Waals surface area contributed by atoms with Crippen LogP contribution in [0.25, 0.3) is 0 Å². The molecule has 0 atom stereocenters.